The molecule has 5 nitrogen and oxygen atoms in total. The molecule has 0 bridgehead atoms. The maximum absolute atomic E-state index is 13.0. The van der Waals surface area contributed by atoms with Crippen LogP contribution in [0.1, 0.15) is 27.6 Å². The zero-order chi connectivity index (χ0) is 21.0. The Bertz CT molecular complexity index is 1040. The maximum atomic E-state index is 13.0. The van der Waals surface area contributed by atoms with Crippen molar-refractivity contribution < 1.29 is 19.1 Å². The van der Waals surface area contributed by atoms with Gasteiger partial charge in [-0.15, -0.1) is 11.3 Å². The number of aryl methyl sites for hydroxylation is 1. The van der Waals surface area contributed by atoms with Crippen molar-refractivity contribution >= 4 is 52.1 Å². The van der Waals surface area contributed by atoms with Crippen LogP contribution in [0.15, 0.2) is 54.6 Å². The van der Waals surface area contributed by atoms with Gasteiger partial charge in [0.2, 0.25) is 6.10 Å². The lowest BCUT2D eigenvalue weighted by Crippen LogP contribution is -2.26. The van der Waals surface area contributed by atoms with E-state index in [9.17, 15) is 9.59 Å². The lowest BCUT2D eigenvalue weighted by Gasteiger charge is -2.19. The summed E-state index contributed by atoms with van der Waals surface area (Å²) in [7, 11) is 1.51. The average molecular weight is 450 g/mol. The summed E-state index contributed by atoms with van der Waals surface area (Å²) in [5, 5.41) is 2.78. The van der Waals surface area contributed by atoms with E-state index in [1.165, 1.54) is 13.2 Å². The van der Waals surface area contributed by atoms with Gasteiger partial charge in [-0.1, -0.05) is 59.6 Å². The zero-order valence-corrected chi connectivity index (χ0v) is 17.9. The first-order valence-electron chi connectivity index (χ1n) is 8.55. The summed E-state index contributed by atoms with van der Waals surface area (Å²) in [6.45, 7) is 1.89. The summed E-state index contributed by atoms with van der Waals surface area (Å²) >= 11 is 13.0. The van der Waals surface area contributed by atoms with Gasteiger partial charge < -0.3 is 14.8 Å². The summed E-state index contributed by atoms with van der Waals surface area (Å²) in [5.41, 5.74) is 2.05. The third kappa shape index (κ3) is 5.09. The molecule has 0 aliphatic rings. The van der Waals surface area contributed by atoms with Crippen molar-refractivity contribution in [3.63, 3.8) is 0 Å². The standard InChI is InChI=1S/C21H17Cl2NO4S/c1-12-8-9-16(27-2)15(10-12)24-20(25)18(13-6-4-3-5-7-13)28-21(26)14-11-17(22)29-19(14)23/h3-11,18H,1-2H3,(H,24,25). The van der Waals surface area contributed by atoms with Crippen LogP contribution in [0.2, 0.25) is 8.67 Å². The molecule has 150 valence electrons. The van der Waals surface area contributed by atoms with Gasteiger partial charge in [0.1, 0.15) is 10.1 Å². The van der Waals surface area contributed by atoms with Crippen molar-refractivity contribution in [3.8, 4) is 5.75 Å². The van der Waals surface area contributed by atoms with Gasteiger partial charge in [0, 0.05) is 5.56 Å². The fourth-order valence-electron chi connectivity index (χ4n) is 2.67. The molecule has 1 heterocycles. The number of hydrogen-bond acceptors (Lipinski definition) is 5. The number of rotatable bonds is 6. The highest BCUT2D eigenvalue weighted by Crippen LogP contribution is 2.33. The molecule has 1 N–H and O–H groups in total. The molecule has 0 aliphatic heterocycles. The van der Waals surface area contributed by atoms with Crippen LogP contribution in [0.25, 0.3) is 0 Å². The first-order chi connectivity index (χ1) is 13.9. The van der Waals surface area contributed by atoms with E-state index in [4.69, 9.17) is 32.7 Å². The van der Waals surface area contributed by atoms with Crippen LogP contribution in [0, 0.1) is 6.92 Å². The number of halogens is 2. The highest BCUT2D eigenvalue weighted by Gasteiger charge is 2.28. The molecule has 1 atom stereocenters. The first-order valence-corrected chi connectivity index (χ1v) is 10.1. The van der Waals surface area contributed by atoms with Crippen molar-refractivity contribution in [3.05, 3.63) is 80.0 Å². The van der Waals surface area contributed by atoms with Crippen LogP contribution >= 0.6 is 34.5 Å². The smallest absolute Gasteiger partial charge is 0.341 e. The maximum Gasteiger partial charge on any atom is 0.341 e. The lowest BCUT2D eigenvalue weighted by molar-refractivity contribution is -0.125. The molecule has 8 heteroatoms. The summed E-state index contributed by atoms with van der Waals surface area (Å²) in [5.74, 6) is -0.765. The molecule has 3 rings (SSSR count). The Kier molecular flexibility index (Phi) is 6.79. The Balaban J connectivity index is 1.90. The molecule has 2 aromatic carbocycles. The number of esters is 1. The zero-order valence-electron chi connectivity index (χ0n) is 15.6. The van der Waals surface area contributed by atoms with Crippen molar-refractivity contribution in [1.29, 1.82) is 0 Å². The molecule has 1 amide bonds. The quantitative estimate of drug-likeness (QED) is 0.475. The molecule has 1 unspecified atom stereocenters. The number of ether oxygens (including phenoxy) is 2. The largest absolute Gasteiger partial charge is 0.495 e. The molecule has 0 spiro atoms. The number of amides is 1. The molecular weight excluding hydrogens is 433 g/mol. The van der Waals surface area contributed by atoms with E-state index in [-0.39, 0.29) is 9.90 Å². The van der Waals surface area contributed by atoms with Gasteiger partial charge in [-0.3, -0.25) is 4.79 Å². The molecule has 0 radical (unpaired) electrons. The molecule has 0 fully saturated rings. The van der Waals surface area contributed by atoms with Crippen LogP contribution in [0.5, 0.6) is 5.75 Å². The molecular formula is C21H17Cl2NO4S. The van der Waals surface area contributed by atoms with Crippen molar-refractivity contribution in [1.82, 2.24) is 0 Å². The number of hydrogen-bond donors (Lipinski definition) is 1. The van der Waals surface area contributed by atoms with Gasteiger partial charge >= 0.3 is 5.97 Å². The van der Waals surface area contributed by atoms with E-state index in [2.05, 4.69) is 5.32 Å². The van der Waals surface area contributed by atoms with E-state index < -0.39 is 18.0 Å². The van der Waals surface area contributed by atoms with Gasteiger partial charge in [0.05, 0.1) is 22.7 Å². The van der Waals surface area contributed by atoms with Crippen molar-refractivity contribution in [2.75, 3.05) is 12.4 Å². The fraction of sp³-hybridized carbons (Fsp3) is 0.143. The summed E-state index contributed by atoms with van der Waals surface area (Å²) in [4.78, 5) is 25.7. The van der Waals surface area contributed by atoms with E-state index in [0.29, 0.717) is 21.3 Å². The van der Waals surface area contributed by atoms with Crippen LogP contribution < -0.4 is 10.1 Å². The number of carbonyl (C=O) groups is 2. The second kappa shape index (κ2) is 9.31. The van der Waals surface area contributed by atoms with Crippen LogP contribution in [-0.2, 0) is 9.53 Å². The number of thiophene rings is 1. The molecule has 0 aliphatic carbocycles. The normalized spacial score (nSPS) is 11.6. The highest BCUT2D eigenvalue weighted by molar-refractivity contribution is 7.20. The molecule has 29 heavy (non-hydrogen) atoms. The summed E-state index contributed by atoms with van der Waals surface area (Å²) in [6, 6.07) is 15.5. The Hall–Kier alpha value is -2.54. The van der Waals surface area contributed by atoms with Gasteiger partial charge in [-0.25, -0.2) is 4.79 Å². The first kappa shape index (κ1) is 21.2. The number of benzene rings is 2. The lowest BCUT2D eigenvalue weighted by atomic mass is 10.1. The molecule has 0 saturated heterocycles. The third-order valence-electron chi connectivity index (χ3n) is 4.05. The van der Waals surface area contributed by atoms with Gasteiger partial charge in [-0.05, 0) is 30.7 Å². The molecule has 3 aromatic rings. The Labute approximate surface area is 182 Å². The topological polar surface area (TPSA) is 64.6 Å². The average Bonchev–Trinajstić information content (AvgIpc) is 3.05. The Morgan fingerprint density at radius 1 is 1.07 bits per heavy atom. The van der Waals surface area contributed by atoms with Crippen molar-refractivity contribution in [2.45, 2.75) is 13.0 Å². The van der Waals surface area contributed by atoms with Gasteiger partial charge in [-0.2, -0.15) is 0 Å². The predicted octanol–water partition coefficient (Wildman–Crippen LogP) is 5.91. The SMILES string of the molecule is COc1ccc(C)cc1NC(=O)C(OC(=O)c1cc(Cl)sc1Cl)c1ccccc1. The second-order valence-electron chi connectivity index (χ2n) is 6.13. The number of carbonyl (C=O) groups excluding carboxylic acids is 2. The molecule has 1 aromatic heterocycles. The summed E-state index contributed by atoms with van der Waals surface area (Å²) in [6.07, 6.45) is -1.19. The van der Waals surface area contributed by atoms with Crippen LogP contribution in [-0.4, -0.2) is 19.0 Å². The van der Waals surface area contributed by atoms with Crippen LogP contribution in [0.4, 0.5) is 5.69 Å². The third-order valence-corrected chi connectivity index (χ3v) is 5.54. The van der Waals surface area contributed by atoms with Crippen LogP contribution in [0.3, 0.4) is 0 Å². The minimum atomic E-state index is -1.19. The highest BCUT2D eigenvalue weighted by atomic mass is 35.5. The van der Waals surface area contributed by atoms with E-state index in [1.807, 2.05) is 13.0 Å². The van der Waals surface area contributed by atoms with E-state index in [1.54, 1.807) is 42.5 Å². The Morgan fingerprint density at radius 2 is 1.79 bits per heavy atom. The van der Waals surface area contributed by atoms with Crippen molar-refractivity contribution in [2.24, 2.45) is 0 Å². The fourth-order valence-corrected chi connectivity index (χ4v) is 4.11. The van der Waals surface area contributed by atoms with Gasteiger partial charge in [0.15, 0.2) is 0 Å². The second-order valence-corrected chi connectivity index (χ2v) is 8.41. The minimum Gasteiger partial charge on any atom is -0.495 e. The van der Waals surface area contributed by atoms with E-state index >= 15 is 0 Å². The van der Waals surface area contributed by atoms with E-state index in [0.717, 1.165) is 16.9 Å². The van der Waals surface area contributed by atoms with Gasteiger partial charge in [0.25, 0.3) is 5.91 Å². The molecule has 0 saturated carbocycles. The number of nitrogens with one attached hydrogen (secondary N) is 1. The number of methoxy groups -OCH3 is 1. The minimum absolute atomic E-state index is 0.114. The number of anilines is 1. The monoisotopic (exact) mass is 449 g/mol. The Morgan fingerprint density at radius 3 is 2.41 bits per heavy atom. The summed E-state index contributed by atoms with van der Waals surface area (Å²) < 4.78 is 11.4. The predicted molar refractivity (Wildman–Crippen MR) is 115 cm³/mol.